The summed E-state index contributed by atoms with van der Waals surface area (Å²) in [7, 11) is -3.76. The largest absolute Gasteiger partial charge is 0.297 e. The lowest BCUT2D eigenvalue weighted by atomic mass is 9.82. The van der Waals surface area contributed by atoms with Crippen molar-refractivity contribution in [2.45, 2.75) is 49.5 Å². The lowest BCUT2D eigenvalue weighted by molar-refractivity contribution is 0.137. The summed E-state index contributed by atoms with van der Waals surface area (Å²) in [5, 5.41) is 0.665. The van der Waals surface area contributed by atoms with E-state index in [1.165, 1.54) is 0 Å². The van der Waals surface area contributed by atoms with Gasteiger partial charge in [-0.15, -0.1) is 0 Å². The Morgan fingerprint density at radius 3 is 2.46 bits per heavy atom. The fourth-order valence-electron chi connectivity index (χ4n) is 3.25. The van der Waals surface area contributed by atoms with Crippen LogP contribution >= 0.6 is 11.6 Å². The second-order valence-corrected chi connectivity index (χ2v) is 8.36. The van der Waals surface area contributed by atoms with Gasteiger partial charge in [-0.1, -0.05) is 54.3 Å². The first-order valence-corrected chi connectivity index (χ1v) is 10.00. The molecule has 0 unspecified atom stereocenters. The molecule has 5 heteroatoms. The standard InChI is InChI=1S/C19H21ClO3S/c1-14-9-11-17(12-10-14)24(21,22)23-19-8-3-2-7-18(19)15-5-4-6-16(20)13-15/h4-6,9-13,18-19H,2-3,7-8H2,1H3/t18-,19-/m1/s1. The van der Waals surface area contributed by atoms with Gasteiger partial charge in [0.2, 0.25) is 0 Å². The molecule has 1 aliphatic rings. The van der Waals surface area contributed by atoms with Gasteiger partial charge >= 0.3 is 0 Å². The number of benzene rings is 2. The summed E-state index contributed by atoms with van der Waals surface area (Å²) < 4.78 is 30.9. The molecule has 0 aromatic heterocycles. The van der Waals surface area contributed by atoms with E-state index in [1.807, 2.05) is 31.2 Å². The highest BCUT2D eigenvalue weighted by atomic mass is 35.5. The van der Waals surface area contributed by atoms with Crippen LogP contribution in [0.2, 0.25) is 5.02 Å². The molecule has 0 N–H and O–H groups in total. The van der Waals surface area contributed by atoms with Crippen molar-refractivity contribution in [1.82, 2.24) is 0 Å². The molecule has 0 radical (unpaired) electrons. The Bertz CT molecular complexity index is 800. The number of hydrogen-bond acceptors (Lipinski definition) is 3. The molecule has 24 heavy (non-hydrogen) atoms. The number of hydrogen-bond donors (Lipinski definition) is 0. The van der Waals surface area contributed by atoms with Crippen molar-refractivity contribution in [3.63, 3.8) is 0 Å². The van der Waals surface area contributed by atoms with E-state index in [9.17, 15) is 8.42 Å². The van der Waals surface area contributed by atoms with E-state index in [0.29, 0.717) is 5.02 Å². The van der Waals surface area contributed by atoms with E-state index in [0.717, 1.165) is 36.8 Å². The first-order chi connectivity index (χ1) is 11.5. The summed E-state index contributed by atoms with van der Waals surface area (Å²) in [5.41, 5.74) is 2.06. The van der Waals surface area contributed by atoms with E-state index in [4.69, 9.17) is 15.8 Å². The van der Waals surface area contributed by atoms with Crippen molar-refractivity contribution in [3.8, 4) is 0 Å². The summed E-state index contributed by atoms with van der Waals surface area (Å²) in [5.74, 6) is 0.0534. The third kappa shape index (κ3) is 4.00. The highest BCUT2D eigenvalue weighted by Crippen LogP contribution is 2.37. The summed E-state index contributed by atoms with van der Waals surface area (Å²) in [4.78, 5) is 0.212. The second kappa shape index (κ2) is 7.26. The van der Waals surface area contributed by atoms with Crippen LogP contribution in [-0.2, 0) is 14.3 Å². The minimum atomic E-state index is -3.76. The Labute approximate surface area is 148 Å². The van der Waals surface area contributed by atoms with Crippen molar-refractivity contribution in [2.75, 3.05) is 0 Å². The van der Waals surface area contributed by atoms with Crippen LogP contribution in [0.3, 0.4) is 0 Å². The van der Waals surface area contributed by atoms with Gasteiger partial charge in [0.25, 0.3) is 10.1 Å². The smallest absolute Gasteiger partial charge is 0.262 e. The molecule has 0 bridgehead atoms. The average Bonchev–Trinajstić information content (AvgIpc) is 2.55. The maximum absolute atomic E-state index is 12.6. The van der Waals surface area contributed by atoms with Gasteiger partial charge in [-0.3, -0.25) is 4.18 Å². The molecule has 0 spiro atoms. The van der Waals surface area contributed by atoms with E-state index in [-0.39, 0.29) is 16.9 Å². The lowest BCUT2D eigenvalue weighted by Crippen LogP contribution is -2.28. The van der Waals surface area contributed by atoms with Gasteiger partial charge in [0.1, 0.15) is 0 Å². The highest BCUT2D eigenvalue weighted by Gasteiger charge is 2.32. The van der Waals surface area contributed by atoms with Gasteiger partial charge in [-0.25, -0.2) is 0 Å². The minimum absolute atomic E-state index is 0.0534. The van der Waals surface area contributed by atoms with Crippen LogP contribution in [-0.4, -0.2) is 14.5 Å². The van der Waals surface area contributed by atoms with Crippen LogP contribution in [0.15, 0.2) is 53.4 Å². The first-order valence-electron chi connectivity index (χ1n) is 8.21. The van der Waals surface area contributed by atoms with Gasteiger partial charge in [-0.2, -0.15) is 8.42 Å². The molecule has 2 aromatic carbocycles. The number of halogens is 1. The van der Waals surface area contributed by atoms with Crippen molar-refractivity contribution in [2.24, 2.45) is 0 Å². The lowest BCUT2D eigenvalue weighted by Gasteiger charge is -2.31. The van der Waals surface area contributed by atoms with E-state index in [1.54, 1.807) is 24.3 Å². The van der Waals surface area contributed by atoms with Crippen LogP contribution in [0.4, 0.5) is 0 Å². The zero-order valence-corrected chi connectivity index (χ0v) is 15.2. The predicted octanol–water partition coefficient (Wildman–Crippen LogP) is 5.08. The summed E-state index contributed by atoms with van der Waals surface area (Å²) >= 11 is 6.10. The Morgan fingerprint density at radius 1 is 1.04 bits per heavy atom. The Morgan fingerprint density at radius 2 is 1.75 bits per heavy atom. The van der Waals surface area contributed by atoms with Crippen molar-refractivity contribution >= 4 is 21.7 Å². The second-order valence-electron chi connectivity index (χ2n) is 6.35. The topological polar surface area (TPSA) is 43.4 Å². The molecule has 1 aliphatic carbocycles. The molecule has 3 nitrogen and oxygen atoms in total. The SMILES string of the molecule is Cc1ccc(S(=O)(=O)O[C@@H]2CCCC[C@@H]2c2cccc(Cl)c2)cc1. The molecular weight excluding hydrogens is 344 g/mol. The summed E-state index contributed by atoms with van der Waals surface area (Å²) in [6.07, 6.45) is 3.35. The van der Waals surface area contributed by atoms with E-state index >= 15 is 0 Å². The Hall–Kier alpha value is -1.36. The number of rotatable bonds is 4. The maximum atomic E-state index is 12.6. The Balaban J connectivity index is 1.84. The quantitative estimate of drug-likeness (QED) is 0.710. The fourth-order valence-corrected chi connectivity index (χ4v) is 4.59. The average molecular weight is 365 g/mol. The monoisotopic (exact) mass is 364 g/mol. The van der Waals surface area contributed by atoms with Gasteiger partial charge < -0.3 is 0 Å². The van der Waals surface area contributed by atoms with Crippen LogP contribution in [0.1, 0.15) is 42.7 Å². The van der Waals surface area contributed by atoms with Crippen LogP contribution in [0.5, 0.6) is 0 Å². The molecule has 1 fully saturated rings. The first kappa shape index (κ1) is 17.5. The number of aryl methyl sites for hydroxylation is 1. The molecule has 1 saturated carbocycles. The van der Waals surface area contributed by atoms with Crippen molar-refractivity contribution in [1.29, 1.82) is 0 Å². The van der Waals surface area contributed by atoms with Gasteiger partial charge in [0.15, 0.2) is 0 Å². The highest BCUT2D eigenvalue weighted by molar-refractivity contribution is 7.86. The van der Waals surface area contributed by atoms with Crippen molar-refractivity contribution in [3.05, 3.63) is 64.7 Å². The molecule has 0 aliphatic heterocycles. The van der Waals surface area contributed by atoms with Crippen LogP contribution in [0.25, 0.3) is 0 Å². The van der Waals surface area contributed by atoms with Crippen LogP contribution < -0.4 is 0 Å². The van der Waals surface area contributed by atoms with E-state index in [2.05, 4.69) is 0 Å². The van der Waals surface area contributed by atoms with Crippen LogP contribution in [0, 0.1) is 6.92 Å². The zero-order chi connectivity index (χ0) is 17.2. The molecule has 0 amide bonds. The summed E-state index contributed by atoms with van der Waals surface area (Å²) in [6.45, 7) is 1.92. The third-order valence-electron chi connectivity index (χ3n) is 4.54. The molecule has 0 heterocycles. The third-order valence-corrected chi connectivity index (χ3v) is 6.12. The molecular formula is C19H21ClO3S. The molecule has 3 rings (SSSR count). The zero-order valence-electron chi connectivity index (χ0n) is 13.6. The maximum Gasteiger partial charge on any atom is 0.297 e. The van der Waals surface area contributed by atoms with E-state index < -0.39 is 10.1 Å². The van der Waals surface area contributed by atoms with Crippen molar-refractivity contribution < 1.29 is 12.6 Å². The van der Waals surface area contributed by atoms with Gasteiger partial charge in [0, 0.05) is 10.9 Å². The fraction of sp³-hybridized carbons (Fsp3) is 0.368. The van der Waals surface area contributed by atoms with Gasteiger partial charge in [-0.05, 0) is 49.6 Å². The molecule has 128 valence electrons. The Kier molecular flexibility index (Phi) is 5.28. The van der Waals surface area contributed by atoms with Gasteiger partial charge in [0.05, 0.1) is 11.0 Å². The summed E-state index contributed by atoms with van der Waals surface area (Å²) in [6, 6.07) is 14.4. The molecule has 0 saturated heterocycles. The normalized spacial score (nSPS) is 21.6. The molecule has 2 atom stereocenters. The minimum Gasteiger partial charge on any atom is -0.262 e. The predicted molar refractivity (Wildman–Crippen MR) is 95.9 cm³/mol. The molecule has 2 aromatic rings.